The van der Waals surface area contributed by atoms with Gasteiger partial charge in [-0.3, -0.25) is 4.79 Å². The van der Waals surface area contributed by atoms with E-state index in [0.29, 0.717) is 5.92 Å². The van der Waals surface area contributed by atoms with Gasteiger partial charge < -0.3 is 11.1 Å². The van der Waals surface area contributed by atoms with Crippen molar-refractivity contribution in [2.24, 2.45) is 11.7 Å². The van der Waals surface area contributed by atoms with E-state index in [2.05, 4.69) is 5.32 Å². The number of hydrogen-bond acceptors (Lipinski definition) is 4. The summed E-state index contributed by atoms with van der Waals surface area (Å²) in [4.78, 5) is 11.6. The number of amides is 1. The van der Waals surface area contributed by atoms with Gasteiger partial charge in [0.25, 0.3) is 0 Å². The highest BCUT2D eigenvalue weighted by atomic mass is 32.2. The van der Waals surface area contributed by atoms with Crippen molar-refractivity contribution in [3.8, 4) is 0 Å². The average molecular weight is 262 g/mol. The van der Waals surface area contributed by atoms with Gasteiger partial charge in [-0.25, -0.2) is 0 Å². The van der Waals surface area contributed by atoms with Gasteiger partial charge in [-0.2, -0.15) is 23.5 Å². The molecule has 94 valence electrons. The number of carbonyl (C=O) groups is 1. The molecule has 1 aliphatic rings. The van der Waals surface area contributed by atoms with Crippen molar-refractivity contribution in [3.63, 3.8) is 0 Å². The van der Waals surface area contributed by atoms with E-state index in [-0.39, 0.29) is 11.9 Å². The average Bonchev–Trinajstić information content (AvgIpc) is 2.34. The van der Waals surface area contributed by atoms with Gasteiger partial charge in [-0.15, -0.1) is 0 Å². The summed E-state index contributed by atoms with van der Waals surface area (Å²) >= 11 is 3.74. The molecule has 0 aromatic rings. The fraction of sp³-hybridized carbons (Fsp3) is 0.909. The predicted octanol–water partition coefficient (Wildman–Crippen LogP) is 1.33. The molecule has 5 heteroatoms. The van der Waals surface area contributed by atoms with Gasteiger partial charge >= 0.3 is 0 Å². The van der Waals surface area contributed by atoms with Gasteiger partial charge in [-0.1, -0.05) is 0 Å². The van der Waals surface area contributed by atoms with E-state index in [9.17, 15) is 4.79 Å². The summed E-state index contributed by atoms with van der Waals surface area (Å²) in [5, 5.41) is 2.98. The molecule has 1 heterocycles. The van der Waals surface area contributed by atoms with Gasteiger partial charge in [0.1, 0.15) is 0 Å². The third-order valence-electron chi connectivity index (χ3n) is 2.88. The molecule has 0 unspecified atom stereocenters. The second-order valence-corrected chi connectivity index (χ2v) is 6.40. The third-order valence-corrected chi connectivity index (χ3v) is 4.57. The zero-order valence-electron chi connectivity index (χ0n) is 9.91. The maximum absolute atomic E-state index is 11.6. The van der Waals surface area contributed by atoms with Crippen LogP contribution in [0.25, 0.3) is 0 Å². The Bertz CT molecular complexity index is 208. The first-order valence-corrected chi connectivity index (χ1v) is 8.39. The molecule has 3 N–H and O–H groups in total. The summed E-state index contributed by atoms with van der Waals surface area (Å²) < 4.78 is 0. The maximum atomic E-state index is 11.6. The lowest BCUT2D eigenvalue weighted by Crippen LogP contribution is -2.43. The first kappa shape index (κ1) is 14.2. The molecule has 1 aliphatic heterocycles. The highest BCUT2D eigenvalue weighted by molar-refractivity contribution is 7.99. The Morgan fingerprint density at radius 3 is 2.88 bits per heavy atom. The van der Waals surface area contributed by atoms with E-state index in [1.807, 2.05) is 18.0 Å². The lowest BCUT2D eigenvalue weighted by molar-refractivity contribution is -0.122. The van der Waals surface area contributed by atoms with Crippen molar-refractivity contribution >= 4 is 29.4 Å². The van der Waals surface area contributed by atoms with Crippen molar-refractivity contribution < 1.29 is 4.79 Å². The van der Waals surface area contributed by atoms with Gasteiger partial charge in [0.05, 0.1) is 6.04 Å². The van der Waals surface area contributed by atoms with Crippen LogP contribution >= 0.6 is 23.5 Å². The van der Waals surface area contributed by atoms with Crippen LogP contribution < -0.4 is 11.1 Å². The van der Waals surface area contributed by atoms with Gasteiger partial charge in [0.2, 0.25) is 5.91 Å². The molecule has 0 aromatic heterocycles. The standard InChI is InChI=1S/C11H22N2OS2/c1-15-5-4-10(12)11(14)13-8-9-2-6-16-7-3-9/h9-10H,2-8,12H2,1H3,(H,13,14)/t10-/m0/s1. The molecule has 16 heavy (non-hydrogen) atoms. The minimum atomic E-state index is -0.328. The van der Waals surface area contributed by atoms with Crippen molar-refractivity contribution in [2.45, 2.75) is 25.3 Å². The largest absolute Gasteiger partial charge is 0.354 e. The summed E-state index contributed by atoms with van der Waals surface area (Å²) in [6, 6.07) is -0.328. The second-order valence-electron chi connectivity index (χ2n) is 4.19. The summed E-state index contributed by atoms with van der Waals surface area (Å²) in [5.41, 5.74) is 5.79. The minimum absolute atomic E-state index is 0.0206. The van der Waals surface area contributed by atoms with E-state index in [4.69, 9.17) is 5.73 Å². The predicted molar refractivity (Wildman–Crippen MR) is 74.0 cm³/mol. The summed E-state index contributed by atoms with van der Waals surface area (Å²) in [5.74, 6) is 4.11. The Morgan fingerprint density at radius 2 is 2.25 bits per heavy atom. The Balaban J connectivity index is 2.12. The molecule has 0 bridgehead atoms. The summed E-state index contributed by atoms with van der Waals surface area (Å²) in [7, 11) is 0. The number of nitrogens with two attached hydrogens (primary N) is 1. The van der Waals surface area contributed by atoms with Crippen LogP contribution in [-0.4, -0.2) is 42.0 Å². The Kier molecular flexibility index (Phi) is 7.32. The Hall–Kier alpha value is 0.130. The van der Waals surface area contributed by atoms with Crippen molar-refractivity contribution in [1.82, 2.24) is 5.32 Å². The van der Waals surface area contributed by atoms with E-state index < -0.39 is 0 Å². The molecule has 0 radical (unpaired) electrons. The summed E-state index contributed by atoms with van der Waals surface area (Å²) in [6.07, 6.45) is 5.26. The van der Waals surface area contributed by atoms with Crippen LogP contribution in [0.3, 0.4) is 0 Å². The zero-order chi connectivity index (χ0) is 11.8. The maximum Gasteiger partial charge on any atom is 0.236 e. The fourth-order valence-corrected chi connectivity index (χ4v) is 3.40. The molecule has 0 aromatic carbocycles. The highest BCUT2D eigenvalue weighted by Crippen LogP contribution is 2.21. The van der Waals surface area contributed by atoms with Gasteiger partial charge in [-0.05, 0) is 48.7 Å². The molecule has 0 aliphatic carbocycles. The van der Waals surface area contributed by atoms with Crippen LogP contribution in [0, 0.1) is 5.92 Å². The lowest BCUT2D eigenvalue weighted by atomic mass is 10.0. The molecule has 1 rings (SSSR count). The fourth-order valence-electron chi connectivity index (χ4n) is 1.70. The topological polar surface area (TPSA) is 55.1 Å². The van der Waals surface area contributed by atoms with Crippen LogP contribution in [0.1, 0.15) is 19.3 Å². The molecular formula is C11H22N2OS2. The first-order valence-electron chi connectivity index (χ1n) is 5.84. The van der Waals surface area contributed by atoms with E-state index in [1.54, 1.807) is 11.8 Å². The molecule has 3 nitrogen and oxygen atoms in total. The highest BCUT2D eigenvalue weighted by Gasteiger charge is 2.17. The van der Waals surface area contributed by atoms with E-state index in [0.717, 1.165) is 18.7 Å². The molecule has 0 spiro atoms. The lowest BCUT2D eigenvalue weighted by Gasteiger charge is -2.22. The van der Waals surface area contributed by atoms with Crippen LogP contribution in [0.4, 0.5) is 0 Å². The molecule has 0 saturated carbocycles. The number of nitrogens with one attached hydrogen (secondary N) is 1. The normalized spacial score (nSPS) is 19.4. The molecule has 1 fully saturated rings. The Labute approximate surface area is 107 Å². The van der Waals surface area contributed by atoms with Crippen LogP contribution in [0.5, 0.6) is 0 Å². The monoisotopic (exact) mass is 262 g/mol. The van der Waals surface area contributed by atoms with Crippen LogP contribution in [-0.2, 0) is 4.79 Å². The number of carbonyl (C=O) groups excluding carboxylic acids is 1. The Morgan fingerprint density at radius 1 is 1.56 bits per heavy atom. The second kappa shape index (κ2) is 8.25. The zero-order valence-corrected chi connectivity index (χ0v) is 11.5. The molecule has 1 amide bonds. The quantitative estimate of drug-likeness (QED) is 0.758. The van der Waals surface area contributed by atoms with Crippen molar-refractivity contribution in [3.05, 3.63) is 0 Å². The third kappa shape index (κ3) is 5.46. The van der Waals surface area contributed by atoms with Gasteiger partial charge in [0.15, 0.2) is 0 Å². The number of thioether (sulfide) groups is 2. The van der Waals surface area contributed by atoms with Crippen molar-refractivity contribution in [2.75, 3.05) is 30.1 Å². The molecular weight excluding hydrogens is 240 g/mol. The van der Waals surface area contributed by atoms with Crippen LogP contribution in [0.2, 0.25) is 0 Å². The molecule has 1 saturated heterocycles. The van der Waals surface area contributed by atoms with Crippen LogP contribution in [0.15, 0.2) is 0 Å². The number of rotatable bonds is 6. The van der Waals surface area contributed by atoms with E-state index in [1.165, 1.54) is 24.3 Å². The SMILES string of the molecule is CSCC[C@H](N)C(=O)NCC1CCSCC1. The molecule has 1 atom stereocenters. The smallest absolute Gasteiger partial charge is 0.236 e. The van der Waals surface area contributed by atoms with E-state index >= 15 is 0 Å². The minimum Gasteiger partial charge on any atom is -0.354 e. The first-order chi connectivity index (χ1) is 7.74. The van der Waals surface area contributed by atoms with Gasteiger partial charge in [0, 0.05) is 6.54 Å². The number of hydrogen-bond donors (Lipinski definition) is 2. The summed E-state index contributed by atoms with van der Waals surface area (Å²) in [6.45, 7) is 0.812. The van der Waals surface area contributed by atoms with Crippen molar-refractivity contribution in [1.29, 1.82) is 0 Å².